The Morgan fingerprint density at radius 3 is 1.60 bits per heavy atom. The van der Waals surface area contributed by atoms with Gasteiger partial charge in [-0.1, -0.05) is 211 Å². The highest BCUT2D eigenvalue weighted by atomic mass is 35.5. The number of fused-ring (bicyclic) bond motifs is 2. The predicted octanol–water partition coefficient (Wildman–Crippen LogP) is 17.6. The molecule has 9 aromatic rings. The fourth-order valence-corrected chi connectivity index (χ4v) is 13.3. The molecule has 5 N–H and O–H groups in total. The number of anilines is 4. The van der Waals surface area contributed by atoms with Gasteiger partial charge in [0.2, 0.25) is 27.9 Å². The van der Waals surface area contributed by atoms with Crippen molar-refractivity contribution in [1.82, 2.24) is 35.1 Å². The number of nitrogens with one attached hydrogen (secondary N) is 1. The van der Waals surface area contributed by atoms with E-state index in [4.69, 9.17) is 69.6 Å². The van der Waals surface area contributed by atoms with Crippen LogP contribution in [0.1, 0.15) is 132 Å². The van der Waals surface area contributed by atoms with Gasteiger partial charge in [0.15, 0.2) is 11.5 Å². The van der Waals surface area contributed by atoms with E-state index in [0.29, 0.717) is 38.5 Å². The molecular weight excluding hydrogens is 1460 g/mol. The smallest absolute Gasteiger partial charge is 0.241 e. The number of nitrogens with two attached hydrogens (primary N) is 2. The molecule has 3 fully saturated rings. The highest BCUT2D eigenvalue weighted by molar-refractivity contribution is 7.89. The molecule has 110 heavy (non-hydrogen) atoms. The van der Waals surface area contributed by atoms with Crippen LogP contribution in [0.5, 0.6) is 23.0 Å². The number of hydrogen-bond donors (Lipinski definition) is 3. The third-order valence-corrected chi connectivity index (χ3v) is 20.4. The van der Waals surface area contributed by atoms with E-state index in [-0.39, 0.29) is 21.2 Å². The highest BCUT2D eigenvalue weighted by Crippen LogP contribution is 2.36. The third-order valence-electron chi connectivity index (χ3n) is 18.8. The molecule has 0 spiro atoms. The second kappa shape index (κ2) is 47.0. The molecule has 592 valence electrons. The zero-order chi connectivity index (χ0) is 79.4. The molecule has 13 rings (SSSR count). The lowest BCUT2D eigenvalue weighted by atomic mass is 9.88. The maximum absolute atomic E-state index is 11.7. The number of benzene rings is 7. The summed E-state index contributed by atoms with van der Waals surface area (Å²) in [5.74, 6) is 5.17. The second-order valence-electron chi connectivity index (χ2n) is 26.9. The number of ether oxygens (including phenoxy) is 4. The number of rotatable bonds is 28. The number of allylic oxidation sites excluding steroid dienone is 1. The van der Waals surface area contributed by atoms with Crippen LogP contribution in [0.15, 0.2) is 185 Å². The Morgan fingerprint density at radius 1 is 0.600 bits per heavy atom. The van der Waals surface area contributed by atoms with Gasteiger partial charge in [0.05, 0.1) is 19.2 Å². The van der Waals surface area contributed by atoms with E-state index in [1.807, 2.05) is 62.4 Å². The van der Waals surface area contributed by atoms with Gasteiger partial charge >= 0.3 is 0 Å². The summed E-state index contributed by atoms with van der Waals surface area (Å²) in [6, 6.07) is 57.3. The van der Waals surface area contributed by atoms with Crippen molar-refractivity contribution in [3.05, 3.63) is 230 Å². The highest BCUT2D eigenvalue weighted by Gasteiger charge is 2.31. The van der Waals surface area contributed by atoms with Crippen molar-refractivity contribution in [3.63, 3.8) is 0 Å². The molecule has 1 atom stereocenters. The second-order valence-corrected chi connectivity index (χ2v) is 29.7. The first-order valence-corrected chi connectivity index (χ1v) is 41.6. The van der Waals surface area contributed by atoms with Gasteiger partial charge < -0.3 is 54.5 Å². The van der Waals surface area contributed by atoms with E-state index >= 15 is 0 Å². The van der Waals surface area contributed by atoms with Crippen molar-refractivity contribution in [2.45, 2.75) is 131 Å². The van der Waals surface area contributed by atoms with Gasteiger partial charge in [-0.25, -0.2) is 13.6 Å². The molecule has 2 aromatic heterocycles. The van der Waals surface area contributed by atoms with Gasteiger partial charge in [0.25, 0.3) is 0 Å². The lowest BCUT2D eigenvalue weighted by molar-refractivity contribution is 0.261. The molecule has 0 radical (unpaired) electrons. The average molecular weight is 1580 g/mol. The Morgan fingerprint density at radius 2 is 1.12 bits per heavy atom. The zero-order valence-electron chi connectivity index (χ0n) is 66.8. The quantitative estimate of drug-likeness (QED) is 0.0237. The van der Waals surface area contributed by atoms with Gasteiger partial charge in [-0.2, -0.15) is 15.0 Å². The number of methoxy groups -OCH3 is 1. The number of aromatic nitrogens is 4. The van der Waals surface area contributed by atoms with Crippen LogP contribution in [-0.4, -0.2) is 157 Å². The van der Waals surface area contributed by atoms with E-state index in [1.165, 1.54) is 96.2 Å². The Bertz CT molecular complexity index is 4300. The fraction of sp³-hybridized carbons (Fsp3) is 0.409. The summed E-state index contributed by atoms with van der Waals surface area (Å²) < 4.78 is 45.8. The number of sulfonamides is 1. The average Bonchev–Trinajstić information content (AvgIpc) is 1.58. The SMILES string of the molecule is C1CN1c1nc(N2CC2)nc(N2CC2)n1.CC/C(=C(\c1ccccc1)c1ccc(OCCN(C)C)cc1)c1ccccc1.CCN(CC)CC.CCOc1ccccc1OCCN[C@H](C)Cc1ccc(OC)c(S(N)(=O)=O)c1.CCc1cccc(CC)c1CC.ClC=C(Cl)Cl.Nc1c2c(nc3ccccc13)CCCC2. The topological polar surface area (TPSA) is 202 Å². The van der Waals surface area contributed by atoms with Gasteiger partial charge in [0.1, 0.15) is 34.1 Å². The Labute approximate surface area is 671 Å². The summed E-state index contributed by atoms with van der Waals surface area (Å²) in [6.45, 7) is 32.8. The van der Waals surface area contributed by atoms with Crippen LogP contribution in [0.3, 0.4) is 0 Å². The summed E-state index contributed by atoms with van der Waals surface area (Å²) in [5, 5.41) is 9.74. The van der Waals surface area contributed by atoms with E-state index < -0.39 is 10.0 Å². The number of hydrogen-bond acceptors (Lipinski definition) is 17. The fourth-order valence-electron chi connectivity index (χ4n) is 12.6. The number of pyridine rings is 1. The number of halogens is 3. The maximum atomic E-state index is 11.7. The summed E-state index contributed by atoms with van der Waals surface area (Å²) in [5.41, 5.74) is 23.6. The van der Waals surface area contributed by atoms with E-state index in [9.17, 15) is 8.42 Å². The first-order valence-electron chi connectivity index (χ1n) is 38.8. The molecule has 0 amide bonds. The largest absolute Gasteiger partial charge is 0.495 e. The molecule has 0 bridgehead atoms. The third kappa shape index (κ3) is 29.0. The van der Waals surface area contributed by atoms with E-state index in [0.717, 1.165) is 135 Å². The van der Waals surface area contributed by atoms with Crippen LogP contribution in [0, 0.1) is 0 Å². The summed E-state index contributed by atoms with van der Waals surface area (Å²) in [6.07, 6.45) is 9.79. The van der Waals surface area contributed by atoms with Crippen LogP contribution in [0.4, 0.5) is 23.5 Å². The molecule has 22 heteroatoms. The summed E-state index contributed by atoms with van der Waals surface area (Å²) >= 11 is 14.8. The molecule has 0 unspecified atom stereocenters. The van der Waals surface area contributed by atoms with Gasteiger partial charge in [-0.3, -0.25) is 4.98 Å². The first kappa shape index (κ1) is 88.7. The Balaban J connectivity index is 0.000000189. The molecule has 3 saturated heterocycles. The van der Waals surface area contributed by atoms with Gasteiger partial charge in [-0.15, -0.1) is 0 Å². The van der Waals surface area contributed by atoms with Crippen molar-refractivity contribution in [3.8, 4) is 23.0 Å². The molecule has 18 nitrogen and oxygen atoms in total. The predicted molar refractivity (Wildman–Crippen MR) is 461 cm³/mol. The Kier molecular flexibility index (Phi) is 37.9. The molecule has 5 heterocycles. The number of nitrogen functional groups attached to an aromatic ring is 1. The lowest BCUT2D eigenvalue weighted by Gasteiger charge is -2.18. The van der Waals surface area contributed by atoms with Crippen molar-refractivity contribution in [1.29, 1.82) is 0 Å². The van der Waals surface area contributed by atoms with Gasteiger partial charge in [-0.05, 0) is 203 Å². The number of primary sulfonamides is 1. The number of likely N-dealkylation sites (N-methyl/N-ethyl adjacent to an activating group) is 1. The zero-order valence-corrected chi connectivity index (χ0v) is 69.8. The van der Waals surface area contributed by atoms with Crippen LogP contribution < -0.4 is 49.8 Å². The number of nitrogens with zero attached hydrogens (tertiary/aromatic N) is 9. The lowest BCUT2D eigenvalue weighted by Crippen LogP contribution is -2.32. The van der Waals surface area contributed by atoms with Crippen molar-refractivity contribution in [2.24, 2.45) is 5.14 Å². The molecule has 0 saturated carbocycles. The molecule has 7 aromatic carbocycles. The summed E-state index contributed by atoms with van der Waals surface area (Å²) in [4.78, 5) is 29.1. The van der Waals surface area contributed by atoms with Crippen LogP contribution in [0.2, 0.25) is 0 Å². The van der Waals surface area contributed by atoms with Crippen LogP contribution >= 0.6 is 34.8 Å². The normalized spacial score (nSPS) is 13.4. The summed E-state index contributed by atoms with van der Waals surface area (Å²) in [7, 11) is 1.68. The molecule has 4 aliphatic rings. The van der Waals surface area contributed by atoms with Gasteiger partial charge in [0, 0.05) is 80.7 Å². The maximum Gasteiger partial charge on any atom is 0.241 e. The number of aryl methyl sites for hydroxylation is 3. The van der Waals surface area contributed by atoms with Crippen LogP contribution in [0.25, 0.3) is 22.0 Å². The van der Waals surface area contributed by atoms with Crippen LogP contribution in [-0.2, 0) is 48.5 Å². The Hall–Kier alpha value is -8.50. The van der Waals surface area contributed by atoms with Crippen molar-refractivity contribution >= 4 is 90.4 Å². The monoisotopic (exact) mass is 1570 g/mol. The van der Waals surface area contributed by atoms with Crippen molar-refractivity contribution < 1.29 is 27.4 Å². The molecule has 1 aliphatic carbocycles. The first-order chi connectivity index (χ1) is 53.2. The van der Waals surface area contributed by atoms with E-state index in [2.05, 4.69) is 217 Å². The minimum Gasteiger partial charge on any atom is -0.495 e. The minimum absolute atomic E-state index is 0.00411. The van der Waals surface area contributed by atoms with Crippen molar-refractivity contribution in [2.75, 3.05) is 133 Å². The standard InChI is InChI=1S/C26H29NO.C20H28N2O5S.C13H14N2.C12H18.C9H12N6.C6H15N.C2HCl3/c1-4-25(21-11-7-5-8-12-21)26(22-13-9-6-10-14-22)23-15-17-24(18-16-23)28-20-19-27(2)3;1-4-26-17-7-5-6-8-18(17)27-12-11-22-15(2)13-16-9-10-19(25-3)20(14-16)28(21,23)24;14-13-9-5-1-3-7-11(9)15-12-8-4-2-6-10(12)13;1-4-10-8-7-9-11(5-2)12(10)6-3;1-2-13(1)7-10-8(14-3-4-14)12-9(11-7)15-5-6-15;1-4-7(5-2)6-3;3-1-2(4)5/h5-18H,4,19-20H2,1-3H3;5-10,14-15,22H,4,11-13H2,1-3H3,(H2,21,23,24);1,3,5,7H,2,4,6,8H2,(H2,14,15);7-9H,4-6H2,1-3H3;1-6H2;4-6H2,1-3H3;1H/b26-25-;;;;;;/t;15-;;;;;/m.1...../s1. The number of para-hydroxylation sites is 3. The van der Waals surface area contributed by atoms with E-state index in [1.54, 1.807) is 17.7 Å². The molecular formula is C88H117Cl3N12O6S. The minimum atomic E-state index is -3.84. The molecule has 3 aliphatic heterocycles.